The van der Waals surface area contributed by atoms with Crippen LogP contribution in [0.5, 0.6) is 17.2 Å². The van der Waals surface area contributed by atoms with Crippen molar-refractivity contribution in [1.29, 1.82) is 0 Å². The monoisotopic (exact) mass is 346 g/mol. The van der Waals surface area contributed by atoms with Gasteiger partial charge in [0.1, 0.15) is 6.10 Å². The number of carbonyl (C=O) groups excluding carboxylic acids is 1. The maximum Gasteiger partial charge on any atom is 0.253 e. The number of hydrogen-bond acceptors (Lipinski definition) is 6. The lowest BCUT2D eigenvalue weighted by Crippen LogP contribution is -2.30. The fraction of sp³-hybridized carbons (Fsp3) is 0.533. The number of ether oxygens (including phenoxy) is 4. The molecule has 2 rings (SSSR count). The van der Waals surface area contributed by atoms with Crippen LogP contribution in [0.3, 0.4) is 0 Å². The van der Waals surface area contributed by atoms with Crippen molar-refractivity contribution in [1.82, 2.24) is 0 Å². The Balaban J connectivity index is 0.00000264. The fourth-order valence-corrected chi connectivity index (χ4v) is 2.48. The number of carbonyl (C=O) groups is 1. The smallest absolute Gasteiger partial charge is 0.253 e. The summed E-state index contributed by atoms with van der Waals surface area (Å²) >= 11 is 0. The Morgan fingerprint density at radius 2 is 1.91 bits per heavy atom. The van der Waals surface area contributed by atoms with Gasteiger partial charge in [0.2, 0.25) is 5.75 Å². The van der Waals surface area contributed by atoms with Gasteiger partial charge in [-0.3, -0.25) is 4.79 Å². The maximum atomic E-state index is 12.3. The van der Waals surface area contributed by atoms with E-state index in [4.69, 9.17) is 24.7 Å². The van der Waals surface area contributed by atoms with Crippen LogP contribution >= 0.6 is 12.4 Å². The van der Waals surface area contributed by atoms with Crippen LogP contribution in [0.4, 0.5) is 5.69 Å². The Hall–Kier alpha value is -1.70. The van der Waals surface area contributed by atoms with Gasteiger partial charge in [-0.05, 0) is 25.0 Å². The van der Waals surface area contributed by atoms with E-state index in [2.05, 4.69) is 5.32 Å². The van der Waals surface area contributed by atoms with Crippen LogP contribution in [0.2, 0.25) is 0 Å². The van der Waals surface area contributed by atoms with Gasteiger partial charge in [0.05, 0.1) is 33.1 Å². The molecule has 1 saturated heterocycles. The Morgan fingerprint density at radius 3 is 2.43 bits per heavy atom. The molecule has 7 nitrogen and oxygen atoms in total. The molecule has 1 aliphatic heterocycles. The summed E-state index contributed by atoms with van der Waals surface area (Å²) in [5.74, 6) is 1.14. The summed E-state index contributed by atoms with van der Waals surface area (Å²) in [7, 11) is 4.55. The highest BCUT2D eigenvalue weighted by Crippen LogP contribution is 2.42. The molecule has 0 radical (unpaired) electrons. The van der Waals surface area contributed by atoms with Crippen molar-refractivity contribution < 1.29 is 23.7 Å². The van der Waals surface area contributed by atoms with Crippen molar-refractivity contribution in [2.45, 2.75) is 25.0 Å². The largest absolute Gasteiger partial charge is 0.493 e. The first-order chi connectivity index (χ1) is 10.6. The number of halogens is 1. The zero-order valence-corrected chi connectivity index (χ0v) is 14.3. The summed E-state index contributed by atoms with van der Waals surface area (Å²) in [5, 5.41) is 2.81. The van der Waals surface area contributed by atoms with E-state index in [1.807, 2.05) is 0 Å². The second-order valence-electron chi connectivity index (χ2n) is 4.93. The third-order valence-corrected chi connectivity index (χ3v) is 3.62. The molecule has 1 amide bonds. The van der Waals surface area contributed by atoms with E-state index >= 15 is 0 Å². The fourth-order valence-electron chi connectivity index (χ4n) is 2.48. The number of hydrogen-bond donors (Lipinski definition) is 2. The first kappa shape index (κ1) is 19.3. The van der Waals surface area contributed by atoms with Gasteiger partial charge >= 0.3 is 0 Å². The zero-order valence-electron chi connectivity index (χ0n) is 13.5. The number of amides is 1. The molecular weight excluding hydrogens is 324 g/mol. The molecule has 1 aliphatic rings. The zero-order chi connectivity index (χ0) is 16.1. The molecule has 2 atom stereocenters. The second-order valence-corrected chi connectivity index (χ2v) is 4.93. The Morgan fingerprint density at radius 1 is 1.22 bits per heavy atom. The molecule has 1 aromatic carbocycles. The van der Waals surface area contributed by atoms with Crippen LogP contribution in [0.1, 0.15) is 12.8 Å². The highest BCUT2D eigenvalue weighted by atomic mass is 35.5. The highest BCUT2D eigenvalue weighted by Gasteiger charge is 2.30. The van der Waals surface area contributed by atoms with E-state index in [-0.39, 0.29) is 24.4 Å². The van der Waals surface area contributed by atoms with Crippen LogP contribution in [0, 0.1) is 0 Å². The van der Waals surface area contributed by atoms with Gasteiger partial charge in [-0.25, -0.2) is 0 Å². The summed E-state index contributed by atoms with van der Waals surface area (Å²) in [4.78, 5) is 12.3. The molecule has 1 fully saturated rings. The van der Waals surface area contributed by atoms with E-state index < -0.39 is 6.10 Å². The van der Waals surface area contributed by atoms with Gasteiger partial charge in [-0.2, -0.15) is 0 Å². The van der Waals surface area contributed by atoms with Gasteiger partial charge in [-0.15, -0.1) is 12.4 Å². The van der Waals surface area contributed by atoms with Gasteiger partial charge in [0.15, 0.2) is 11.5 Å². The molecule has 8 heteroatoms. The SMILES string of the molecule is COc1ccc(NC(=O)[C@@H]2CC[C@H](CN)O2)c(OC)c1OC.Cl. The molecule has 130 valence electrons. The number of benzene rings is 1. The Labute approximate surface area is 141 Å². The van der Waals surface area contributed by atoms with E-state index in [9.17, 15) is 4.79 Å². The van der Waals surface area contributed by atoms with Crippen molar-refractivity contribution in [2.75, 3.05) is 33.2 Å². The van der Waals surface area contributed by atoms with Crippen LogP contribution < -0.4 is 25.3 Å². The predicted molar refractivity (Wildman–Crippen MR) is 88.9 cm³/mol. The van der Waals surface area contributed by atoms with E-state index in [0.29, 0.717) is 35.9 Å². The maximum absolute atomic E-state index is 12.3. The van der Waals surface area contributed by atoms with E-state index in [0.717, 1.165) is 6.42 Å². The van der Waals surface area contributed by atoms with Crippen LogP contribution in [0.15, 0.2) is 12.1 Å². The highest BCUT2D eigenvalue weighted by molar-refractivity contribution is 5.96. The van der Waals surface area contributed by atoms with Crippen molar-refractivity contribution in [2.24, 2.45) is 5.73 Å². The van der Waals surface area contributed by atoms with Gasteiger partial charge in [0, 0.05) is 6.54 Å². The van der Waals surface area contributed by atoms with Crippen LogP contribution in [-0.2, 0) is 9.53 Å². The predicted octanol–water partition coefficient (Wildman–Crippen LogP) is 1.58. The summed E-state index contributed by atoms with van der Waals surface area (Å²) in [5.41, 5.74) is 6.06. The molecule has 0 aromatic heterocycles. The number of methoxy groups -OCH3 is 3. The van der Waals surface area contributed by atoms with Crippen LogP contribution in [0.25, 0.3) is 0 Å². The minimum atomic E-state index is -0.494. The van der Waals surface area contributed by atoms with E-state index in [1.54, 1.807) is 12.1 Å². The third-order valence-electron chi connectivity index (χ3n) is 3.62. The minimum Gasteiger partial charge on any atom is -0.493 e. The lowest BCUT2D eigenvalue weighted by Gasteiger charge is -2.18. The molecule has 3 N–H and O–H groups in total. The third kappa shape index (κ3) is 4.19. The van der Waals surface area contributed by atoms with Crippen molar-refractivity contribution in [3.8, 4) is 17.2 Å². The minimum absolute atomic E-state index is 0. The quantitative estimate of drug-likeness (QED) is 0.812. The number of nitrogens with one attached hydrogen (secondary N) is 1. The number of anilines is 1. The molecular formula is C15H23ClN2O5. The van der Waals surface area contributed by atoms with Crippen molar-refractivity contribution in [3.05, 3.63) is 12.1 Å². The molecule has 1 aromatic rings. The van der Waals surface area contributed by atoms with Crippen LogP contribution in [-0.4, -0.2) is 46.0 Å². The summed E-state index contributed by atoms with van der Waals surface area (Å²) < 4.78 is 21.4. The number of nitrogens with two attached hydrogens (primary N) is 1. The Bertz CT molecular complexity index is 541. The van der Waals surface area contributed by atoms with Crippen molar-refractivity contribution >= 4 is 24.0 Å². The first-order valence-electron chi connectivity index (χ1n) is 7.09. The molecule has 0 saturated carbocycles. The summed E-state index contributed by atoms with van der Waals surface area (Å²) in [6, 6.07) is 3.41. The molecule has 0 bridgehead atoms. The molecule has 1 heterocycles. The second kappa shape index (κ2) is 8.81. The summed E-state index contributed by atoms with van der Waals surface area (Å²) in [6.45, 7) is 0.420. The normalized spacial score (nSPS) is 19.7. The molecule has 0 unspecified atom stereocenters. The van der Waals surface area contributed by atoms with Gasteiger partial charge < -0.3 is 30.0 Å². The summed E-state index contributed by atoms with van der Waals surface area (Å²) in [6.07, 6.45) is 0.899. The van der Waals surface area contributed by atoms with Crippen molar-refractivity contribution in [3.63, 3.8) is 0 Å². The van der Waals surface area contributed by atoms with Gasteiger partial charge in [0.25, 0.3) is 5.91 Å². The molecule has 0 spiro atoms. The Kier molecular flexibility index (Phi) is 7.41. The molecule has 23 heavy (non-hydrogen) atoms. The standard InChI is InChI=1S/C15H22N2O5.ClH/c1-19-11-7-5-10(13(20-2)14(11)21-3)17-15(18)12-6-4-9(8-16)22-12;/h5,7,9,12H,4,6,8,16H2,1-3H3,(H,17,18);1H/t9-,12+;/m1./s1. The van der Waals surface area contributed by atoms with E-state index in [1.165, 1.54) is 21.3 Å². The number of rotatable bonds is 6. The van der Waals surface area contributed by atoms with Gasteiger partial charge in [-0.1, -0.05) is 0 Å². The average Bonchev–Trinajstić information content (AvgIpc) is 3.03. The molecule has 0 aliphatic carbocycles. The first-order valence-corrected chi connectivity index (χ1v) is 7.09. The topological polar surface area (TPSA) is 92.0 Å². The lowest BCUT2D eigenvalue weighted by molar-refractivity contribution is -0.126. The average molecular weight is 347 g/mol. The lowest BCUT2D eigenvalue weighted by atomic mass is 10.2.